The van der Waals surface area contributed by atoms with Gasteiger partial charge in [-0.05, 0) is 68.8 Å². The molecule has 0 saturated carbocycles. The number of benzene rings is 1. The molecule has 1 atom stereocenters. The van der Waals surface area contributed by atoms with Crippen molar-refractivity contribution in [3.8, 4) is 0 Å². The van der Waals surface area contributed by atoms with Crippen LogP contribution in [0.4, 0.5) is 4.39 Å². The number of hydrogen-bond acceptors (Lipinski definition) is 2. The Morgan fingerprint density at radius 2 is 1.90 bits per heavy atom. The van der Waals surface area contributed by atoms with Gasteiger partial charge in [-0.2, -0.15) is 0 Å². The monoisotopic (exact) mass is 376 g/mol. The van der Waals surface area contributed by atoms with Crippen LogP contribution in [-0.2, 0) is 0 Å². The van der Waals surface area contributed by atoms with Crippen molar-refractivity contribution in [3.05, 3.63) is 33.0 Å². The van der Waals surface area contributed by atoms with Gasteiger partial charge in [0.1, 0.15) is 5.82 Å². The second-order valence-corrected chi connectivity index (χ2v) is 7.42. The molecule has 1 saturated heterocycles. The Kier molecular flexibility index (Phi) is 5.69. The Labute approximate surface area is 140 Å². The number of piperidine rings is 1. The Bertz CT molecular complexity index is 501. The lowest BCUT2D eigenvalue weighted by Crippen LogP contribution is -2.54. The van der Waals surface area contributed by atoms with Crippen LogP contribution < -0.4 is 5.32 Å². The maximum Gasteiger partial charge on any atom is 0.147 e. The average Bonchev–Trinajstić information content (AvgIpc) is 2.48. The molecule has 1 heterocycles. The van der Waals surface area contributed by atoms with Crippen molar-refractivity contribution in [1.82, 2.24) is 10.2 Å². The van der Waals surface area contributed by atoms with E-state index in [2.05, 4.69) is 40.0 Å². The summed E-state index contributed by atoms with van der Waals surface area (Å²) in [5, 5.41) is 3.44. The fourth-order valence-corrected chi connectivity index (χ4v) is 3.78. The molecule has 1 unspecified atom stereocenters. The molecule has 2 rings (SSSR count). The molecular formula is C16H23BrClFN2. The van der Waals surface area contributed by atoms with Gasteiger partial charge in [0.2, 0.25) is 0 Å². The van der Waals surface area contributed by atoms with Gasteiger partial charge in [-0.25, -0.2) is 4.39 Å². The van der Waals surface area contributed by atoms with Gasteiger partial charge in [0, 0.05) is 15.6 Å². The lowest BCUT2D eigenvalue weighted by molar-refractivity contribution is 0.0621. The van der Waals surface area contributed by atoms with E-state index in [9.17, 15) is 4.39 Å². The van der Waals surface area contributed by atoms with Crippen molar-refractivity contribution >= 4 is 27.5 Å². The molecule has 0 amide bonds. The highest BCUT2D eigenvalue weighted by atomic mass is 79.9. The topological polar surface area (TPSA) is 15.3 Å². The first kappa shape index (κ1) is 17.2. The summed E-state index contributed by atoms with van der Waals surface area (Å²) < 4.78 is 15.2. The molecule has 0 aromatic heterocycles. The first-order valence-electron chi connectivity index (χ1n) is 7.45. The molecule has 0 spiro atoms. The minimum atomic E-state index is -0.338. The summed E-state index contributed by atoms with van der Waals surface area (Å²) in [6.45, 7) is 6.48. The molecule has 1 aromatic rings. The maximum absolute atomic E-state index is 14.6. The van der Waals surface area contributed by atoms with Crippen LogP contribution in [0.3, 0.4) is 0 Å². The molecule has 0 aliphatic carbocycles. The molecule has 1 aliphatic heterocycles. The summed E-state index contributed by atoms with van der Waals surface area (Å²) in [7, 11) is 1.88. The summed E-state index contributed by atoms with van der Waals surface area (Å²) in [5.74, 6) is -0.338. The lowest BCUT2D eigenvalue weighted by Gasteiger charge is -2.46. The van der Waals surface area contributed by atoms with E-state index < -0.39 is 0 Å². The van der Waals surface area contributed by atoms with Gasteiger partial charge in [0.15, 0.2) is 0 Å². The molecule has 0 radical (unpaired) electrons. The number of nitrogens with zero attached hydrogens (tertiary/aromatic N) is 1. The molecule has 1 fully saturated rings. The number of rotatable bonds is 4. The van der Waals surface area contributed by atoms with Gasteiger partial charge < -0.3 is 5.32 Å². The van der Waals surface area contributed by atoms with Crippen molar-refractivity contribution in [2.24, 2.45) is 0 Å². The van der Waals surface area contributed by atoms with Crippen LogP contribution in [0.1, 0.15) is 44.7 Å². The molecule has 118 valence electrons. The summed E-state index contributed by atoms with van der Waals surface area (Å²) in [6, 6.07) is 3.52. The third kappa shape index (κ3) is 3.44. The van der Waals surface area contributed by atoms with Crippen LogP contribution in [0.5, 0.6) is 0 Å². The Morgan fingerprint density at radius 1 is 1.29 bits per heavy atom. The highest BCUT2D eigenvalue weighted by Gasteiger charge is 2.37. The Morgan fingerprint density at radius 3 is 2.48 bits per heavy atom. The van der Waals surface area contributed by atoms with E-state index in [1.54, 1.807) is 0 Å². The smallest absolute Gasteiger partial charge is 0.147 e. The molecule has 21 heavy (non-hydrogen) atoms. The number of nitrogens with one attached hydrogen (secondary N) is 1. The first-order valence-corrected chi connectivity index (χ1v) is 8.62. The number of likely N-dealkylation sites (tertiary alicyclic amines) is 1. The second kappa shape index (κ2) is 6.95. The maximum atomic E-state index is 14.6. The number of hydrogen-bond donors (Lipinski definition) is 1. The Balaban J connectivity index is 2.36. The standard InChI is InChI=1S/C16H23BrClFN2/c1-16(2,21-9-5-4-6-10-21)15(20-3)11-7-8-12(17)13(18)14(11)19/h7-8,15,20H,4-6,9-10H2,1-3H3. The van der Waals surface area contributed by atoms with Crippen LogP contribution in [0, 0.1) is 5.82 Å². The summed E-state index contributed by atoms with van der Waals surface area (Å²) >= 11 is 9.33. The Hall–Kier alpha value is -0.160. The summed E-state index contributed by atoms with van der Waals surface area (Å²) in [5.41, 5.74) is 0.453. The lowest BCUT2D eigenvalue weighted by atomic mass is 9.85. The molecule has 0 bridgehead atoms. The van der Waals surface area contributed by atoms with Crippen LogP contribution in [-0.4, -0.2) is 30.6 Å². The molecule has 1 aromatic carbocycles. The predicted molar refractivity (Wildman–Crippen MR) is 90.4 cm³/mol. The predicted octanol–water partition coefficient (Wildman–Crippen LogP) is 4.77. The van der Waals surface area contributed by atoms with Crippen molar-refractivity contribution < 1.29 is 4.39 Å². The van der Waals surface area contributed by atoms with Gasteiger partial charge in [-0.1, -0.05) is 24.1 Å². The van der Waals surface area contributed by atoms with Crippen molar-refractivity contribution in [2.45, 2.75) is 44.7 Å². The third-order valence-electron chi connectivity index (χ3n) is 4.54. The molecule has 2 nitrogen and oxygen atoms in total. The zero-order valence-corrected chi connectivity index (χ0v) is 15.2. The van der Waals surface area contributed by atoms with Crippen LogP contribution in [0.2, 0.25) is 5.02 Å². The normalized spacial score (nSPS) is 18.8. The van der Waals surface area contributed by atoms with Crippen LogP contribution in [0.15, 0.2) is 16.6 Å². The van der Waals surface area contributed by atoms with Crippen molar-refractivity contribution in [1.29, 1.82) is 0 Å². The fourth-order valence-electron chi connectivity index (χ4n) is 3.31. The van der Waals surface area contributed by atoms with E-state index in [4.69, 9.17) is 11.6 Å². The van der Waals surface area contributed by atoms with Crippen LogP contribution in [0.25, 0.3) is 0 Å². The third-order valence-corrected chi connectivity index (χ3v) is 5.80. The SMILES string of the molecule is CNC(c1ccc(Br)c(Cl)c1F)C(C)(C)N1CCCCC1. The average molecular weight is 378 g/mol. The summed E-state index contributed by atoms with van der Waals surface area (Å²) in [4.78, 5) is 2.45. The quantitative estimate of drug-likeness (QED) is 0.761. The van der Waals surface area contributed by atoms with Crippen molar-refractivity contribution in [3.63, 3.8) is 0 Å². The second-order valence-electron chi connectivity index (χ2n) is 6.19. The highest BCUT2D eigenvalue weighted by Crippen LogP contribution is 2.37. The van der Waals surface area contributed by atoms with Gasteiger partial charge in [0.25, 0.3) is 0 Å². The molecule has 1 N–H and O–H groups in total. The van der Waals surface area contributed by atoms with Gasteiger partial charge in [0.05, 0.1) is 11.1 Å². The van der Waals surface area contributed by atoms with E-state index in [-0.39, 0.29) is 22.4 Å². The molecule has 5 heteroatoms. The van der Waals surface area contributed by atoms with E-state index in [1.165, 1.54) is 19.3 Å². The summed E-state index contributed by atoms with van der Waals surface area (Å²) in [6.07, 6.45) is 3.71. The van der Waals surface area contributed by atoms with E-state index in [1.807, 2.05) is 19.2 Å². The number of likely N-dealkylation sites (N-methyl/N-ethyl adjacent to an activating group) is 1. The largest absolute Gasteiger partial charge is 0.311 e. The van der Waals surface area contributed by atoms with Crippen molar-refractivity contribution in [2.75, 3.05) is 20.1 Å². The van der Waals surface area contributed by atoms with Gasteiger partial charge in [-0.15, -0.1) is 0 Å². The van der Waals surface area contributed by atoms with Gasteiger partial charge in [-0.3, -0.25) is 4.90 Å². The first-order chi connectivity index (χ1) is 9.89. The molecular weight excluding hydrogens is 355 g/mol. The minimum Gasteiger partial charge on any atom is -0.311 e. The molecule has 1 aliphatic rings. The number of halogens is 3. The zero-order valence-electron chi connectivity index (χ0n) is 12.8. The highest BCUT2D eigenvalue weighted by molar-refractivity contribution is 9.10. The van der Waals surface area contributed by atoms with Crippen LogP contribution >= 0.6 is 27.5 Å². The van der Waals surface area contributed by atoms with E-state index in [0.29, 0.717) is 10.0 Å². The fraction of sp³-hybridized carbons (Fsp3) is 0.625. The van der Waals surface area contributed by atoms with Gasteiger partial charge >= 0.3 is 0 Å². The van der Waals surface area contributed by atoms with E-state index in [0.717, 1.165) is 13.1 Å². The minimum absolute atomic E-state index is 0.110. The zero-order chi connectivity index (χ0) is 15.6. The van der Waals surface area contributed by atoms with E-state index >= 15 is 0 Å².